The molecule has 1 aliphatic carbocycles. The van der Waals surface area contributed by atoms with Crippen molar-refractivity contribution < 1.29 is 13.2 Å². The van der Waals surface area contributed by atoms with Crippen LogP contribution in [0.4, 0.5) is 13.2 Å². The molecule has 0 radical (unpaired) electrons. The topological polar surface area (TPSA) is 0 Å². The summed E-state index contributed by atoms with van der Waals surface area (Å²) >= 11 is 0. The predicted octanol–water partition coefficient (Wildman–Crippen LogP) is 4.79. The minimum absolute atomic E-state index is 0.112. The van der Waals surface area contributed by atoms with Gasteiger partial charge in [0.05, 0.1) is 5.92 Å². The molecule has 14 heavy (non-hydrogen) atoms. The van der Waals surface area contributed by atoms with E-state index in [1.165, 1.54) is 0 Å². The number of rotatable bonds is 1. The molecule has 0 N–H and O–H groups in total. The summed E-state index contributed by atoms with van der Waals surface area (Å²) in [5.74, 6) is -1.13. The Kier molecular flexibility index (Phi) is 6.21. The van der Waals surface area contributed by atoms with Crippen LogP contribution in [-0.4, -0.2) is 6.18 Å². The van der Waals surface area contributed by atoms with Gasteiger partial charge in [0.1, 0.15) is 0 Å². The van der Waals surface area contributed by atoms with Crippen molar-refractivity contribution in [2.75, 3.05) is 0 Å². The standard InChI is InChI=1S/C9H15F3.C2H6/c1-2-7-5-3-4-6-8(7)9(10,11)12;1-2/h7-8H,2-6H2,1H3;1-2H3. The zero-order chi connectivity index (χ0) is 11.2. The summed E-state index contributed by atoms with van der Waals surface area (Å²) < 4.78 is 37.1. The third-order valence-corrected chi connectivity index (χ3v) is 2.85. The molecule has 0 nitrogen and oxygen atoms in total. The van der Waals surface area contributed by atoms with Crippen LogP contribution in [-0.2, 0) is 0 Å². The van der Waals surface area contributed by atoms with E-state index < -0.39 is 12.1 Å². The first-order valence-electron chi connectivity index (χ1n) is 5.62. The Morgan fingerprint density at radius 3 is 1.93 bits per heavy atom. The van der Waals surface area contributed by atoms with Crippen molar-refractivity contribution in [3.63, 3.8) is 0 Å². The third-order valence-electron chi connectivity index (χ3n) is 2.85. The van der Waals surface area contributed by atoms with Crippen LogP contribution >= 0.6 is 0 Å². The second kappa shape index (κ2) is 6.31. The molecule has 0 amide bonds. The number of hydrogen-bond donors (Lipinski definition) is 0. The maximum atomic E-state index is 12.4. The van der Waals surface area contributed by atoms with Crippen molar-refractivity contribution in [1.82, 2.24) is 0 Å². The van der Waals surface area contributed by atoms with Crippen molar-refractivity contribution >= 4 is 0 Å². The average molecular weight is 210 g/mol. The van der Waals surface area contributed by atoms with Crippen LogP contribution in [0.2, 0.25) is 0 Å². The molecule has 3 heteroatoms. The Bertz CT molecular complexity index is 140. The van der Waals surface area contributed by atoms with Gasteiger partial charge in [-0.3, -0.25) is 0 Å². The van der Waals surface area contributed by atoms with Crippen LogP contribution in [0, 0.1) is 11.8 Å². The van der Waals surface area contributed by atoms with E-state index in [0.717, 1.165) is 19.3 Å². The van der Waals surface area contributed by atoms with Gasteiger partial charge in [-0.15, -0.1) is 0 Å². The molecule has 2 unspecified atom stereocenters. The van der Waals surface area contributed by atoms with Crippen LogP contribution in [0.3, 0.4) is 0 Å². The smallest absolute Gasteiger partial charge is 0.171 e. The first kappa shape index (κ1) is 13.8. The molecule has 0 saturated heterocycles. The van der Waals surface area contributed by atoms with Crippen molar-refractivity contribution in [2.24, 2.45) is 11.8 Å². The lowest BCUT2D eigenvalue weighted by Crippen LogP contribution is -2.32. The van der Waals surface area contributed by atoms with Gasteiger partial charge in [0, 0.05) is 0 Å². The molecule has 0 aromatic heterocycles. The molecule has 1 aliphatic rings. The van der Waals surface area contributed by atoms with Crippen molar-refractivity contribution in [1.29, 1.82) is 0 Å². The molecular formula is C11H21F3. The molecule has 1 saturated carbocycles. The molecule has 86 valence electrons. The predicted molar refractivity (Wildman–Crippen MR) is 53.1 cm³/mol. The fraction of sp³-hybridized carbons (Fsp3) is 1.00. The maximum Gasteiger partial charge on any atom is 0.392 e. The van der Waals surface area contributed by atoms with Crippen LogP contribution < -0.4 is 0 Å². The molecular weight excluding hydrogens is 189 g/mol. The monoisotopic (exact) mass is 210 g/mol. The average Bonchev–Trinajstić information content (AvgIpc) is 2.19. The van der Waals surface area contributed by atoms with E-state index in [-0.39, 0.29) is 5.92 Å². The Morgan fingerprint density at radius 2 is 1.57 bits per heavy atom. The van der Waals surface area contributed by atoms with E-state index in [4.69, 9.17) is 0 Å². The molecule has 0 bridgehead atoms. The van der Waals surface area contributed by atoms with Crippen molar-refractivity contribution in [2.45, 2.75) is 59.1 Å². The Morgan fingerprint density at radius 1 is 1.07 bits per heavy atom. The van der Waals surface area contributed by atoms with Gasteiger partial charge >= 0.3 is 6.18 Å². The summed E-state index contributed by atoms with van der Waals surface area (Å²) in [5.41, 5.74) is 0. The number of alkyl halides is 3. The normalized spacial score (nSPS) is 27.9. The van der Waals surface area contributed by atoms with Gasteiger partial charge in [0.15, 0.2) is 0 Å². The Labute approximate surface area is 84.9 Å². The maximum absolute atomic E-state index is 12.4. The van der Waals surface area contributed by atoms with Gasteiger partial charge < -0.3 is 0 Å². The van der Waals surface area contributed by atoms with Gasteiger partial charge in [-0.1, -0.05) is 40.0 Å². The quantitative estimate of drug-likeness (QED) is 0.583. The lowest BCUT2D eigenvalue weighted by atomic mass is 9.77. The fourth-order valence-electron chi connectivity index (χ4n) is 2.13. The van der Waals surface area contributed by atoms with E-state index in [9.17, 15) is 13.2 Å². The summed E-state index contributed by atoms with van der Waals surface area (Å²) in [6, 6.07) is 0. The number of hydrogen-bond acceptors (Lipinski definition) is 0. The van der Waals surface area contributed by atoms with Crippen LogP contribution in [0.25, 0.3) is 0 Å². The Balaban J connectivity index is 0.000000791. The largest absolute Gasteiger partial charge is 0.392 e. The molecule has 0 aliphatic heterocycles. The van der Waals surface area contributed by atoms with Gasteiger partial charge in [-0.25, -0.2) is 0 Å². The highest BCUT2D eigenvalue weighted by Gasteiger charge is 2.44. The lowest BCUT2D eigenvalue weighted by molar-refractivity contribution is -0.196. The van der Waals surface area contributed by atoms with E-state index in [0.29, 0.717) is 12.8 Å². The van der Waals surface area contributed by atoms with Crippen molar-refractivity contribution in [3.8, 4) is 0 Å². The first-order chi connectivity index (χ1) is 6.55. The Hall–Kier alpha value is -0.210. The van der Waals surface area contributed by atoms with E-state index in [1.807, 2.05) is 20.8 Å². The first-order valence-corrected chi connectivity index (χ1v) is 5.62. The van der Waals surface area contributed by atoms with Gasteiger partial charge in [-0.2, -0.15) is 13.2 Å². The molecule has 0 heterocycles. The second-order valence-corrected chi connectivity index (χ2v) is 3.60. The second-order valence-electron chi connectivity index (χ2n) is 3.60. The van der Waals surface area contributed by atoms with Gasteiger partial charge in [0.25, 0.3) is 0 Å². The van der Waals surface area contributed by atoms with Crippen LogP contribution in [0.15, 0.2) is 0 Å². The fourth-order valence-corrected chi connectivity index (χ4v) is 2.13. The molecule has 0 aromatic rings. The highest BCUT2D eigenvalue weighted by molar-refractivity contribution is 4.79. The summed E-state index contributed by atoms with van der Waals surface area (Å²) in [6.07, 6.45) is -0.445. The molecule has 2 atom stereocenters. The molecule has 0 spiro atoms. The lowest BCUT2D eigenvalue weighted by Gasteiger charge is -2.32. The van der Waals surface area contributed by atoms with E-state index in [2.05, 4.69) is 0 Å². The minimum atomic E-state index is -3.96. The zero-order valence-electron chi connectivity index (χ0n) is 9.32. The molecule has 0 aromatic carbocycles. The van der Waals surface area contributed by atoms with Crippen LogP contribution in [0.1, 0.15) is 52.9 Å². The summed E-state index contributed by atoms with van der Waals surface area (Å²) in [5, 5.41) is 0. The zero-order valence-corrected chi connectivity index (χ0v) is 9.32. The summed E-state index contributed by atoms with van der Waals surface area (Å²) in [6.45, 7) is 5.86. The highest BCUT2D eigenvalue weighted by Crippen LogP contribution is 2.42. The third kappa shape index (κ3) is 3.89. The van der Waals surface area contributed by atoms with Crippen LogP contribution in [0.5, 0.6) is 0 Å². The summed E-state index contributed by atoms with van der Waals surface area (Å²) in [4.78, 5) is 0. The SMILES string of the molecule is CC.CCC1CCCCC1C(F)(F)F. The van der Waals surface area contributed by atoms with E-state index >= 15 is 0 Å². The minimum Gasteiger partial charge on any atom is -0.171 e. The molecule has 1 fully saturated rings. The molecule has 1 rings (SSSR count). The van der Waals surface area contributed by atoms with Gasteiger partial charge in [0.2, 0.25) is 0 Å². The van der Waals surface area contributed by atoms with E-state index in [1.54, 1.807) is 0 Å². The summed E-state index contributed by atoms with van der Waals surface area (Å²) in [7, 11) is 0. The van der Waals surface area contributed by atoms with Crippen molar-refractivity contribution in [3.05, 3.63) is 0 Å². The highest BCUT2D eigenvalue weighted by atomic mass is 19.4. The van der Waals surface area contributed by atoms with Gasteiger partial charge in [-0.05, 0) is 18.8 Å². The number of halogens is 3.